The molecule has 4 aromatic carbocycles. The molecule has 0 saturated carbocycles. The quantitative estimate of drug-likeness (QED) is 0.247. The lowest BCUT2D eigenvalue weighted by Crippen LogP contribution is -2.03. The van der Waals surface area contributed by atoms with Crippen LogP contribution in [0.2, 0.25) is 5.02 Å². The number of hydrogen-bond donors (Lipinski definition) is 1. The Bertz CT molecular complexity index is 1220. The minimum atomic E-state index is 0.450. The topological polar surface area (TPSA) is 30.5 Å². The van der Waals surface area contributed by atoms with Crippen molar-refractivity contribution in [2.75, 3.05) is 12.4 Å². The number of anilines is 1. The molecule has 0 aliphatic heterocycles. The SMILES string of the molecule is COc1cc(CNc2ccc(Br)c(Cl)c2)cc(Br)c1OCc1cccc2ccccc12. The first-order valence-corrected chi connectivity index (χ1v) is 11.7. The molecule has 0 saturated heterocycles. The fourth-order valence-corrected chi connectivity index (χ4v) is 4.42. The fourth-order valence-electron chi connectivity index (χ4n) is 3.39. The van der Waals surface area contributed by atoms with Gasteiger partial charge in [-0.2, -0.15) is 0 Å². The summed E-state index contributed by atoms with van der Waals surface area (Å²) in [5.41, 5.74) is 3.13. The summed E-state index contributed by atoms with van der Waals surface area (Å²) in [5, 5.41) is 6.44. The van der Waals surface area contributed by atoms with Gasteiger partial charge in [-0.25, -0.2) is 0 Å². The highest BCUT2D eigenvalue weighted by molar-refractivity contribution is 9.10. The molecule has 0 aliphatic carbocycles. The number of halogens is 3. The Balaban J connectivity index is 1.51. The Labute approximate surface area is 203 Å². The first-order chi connectivity index (χ1) is 15.0. The van der Waals surface area contributed by atoms with Crippen molar-refractivity contribution in [3.63, 3.8) is 0 Å². The average molecular weight is 562 g/mol. The molecule has 1 N–H and O–H groups in total. The maximum absolute atomic E-state index is 6.18. The van der Waals surface area contributed by atoms with E-state index >= 15 is 0 Å². The molecule has 0 aliphatic rings. The van der Waals surface area contributed by atoms with E-state index < -0.39 is 0 Å². The van der Waals surface area contributed by atoms with E-state index in [2.05, 4.69) is 67.5 Å². The van der Waals surface area contributed by atoms with Crippen molar-refractivity contribution in [1.82, 2.24) is 0 Å². The van der Waals surface area contributed by atoms with E-state index in [1.54, 1.807) is 7.11 Å². The van der Waals surface area contributed by atoms with Gasteiger partial charge in [0, 0.05) is 16.7 Å². The second kappa shape index (κ2) is 9.94. The number of hydrogen-bond acceptors (Lipinski definition) is 3. The van der Waals surface area contributed by atoms with E-state index in [1.807, 2.05) is 42.5 Å². The van der Waals surface area contributed by atoms with Crippen LogP contribution in [-0.2, 0) is 13.2 Å². The summed E-state index contributed by atoms with van der Waals surface area (Å²) in [7, 11) is 1.65. The molecule has 0 amide bonds. The maximum atomic E-state index is 6.18. The predicted molar refractivity (Wildman–Crippen MR) is 135 cm³/mol. The third-order valence-electron chi connectivity index (χ3n) is 4.96. The molecule has 0 heterocycles. The van der Waals surface area contributed by atoms with E-state index in [1.165, 1.54) is 10.8 Å². The van der Waals surface area contributed by atoms with Gasteiger partial charge < -0.3 is 14.8 Å². The first-order valence-electron chi connectivity index (χ1n) is 9.70. The second-order valence-corrected chi connectivity index (χ2v) is 9.13. The van der Waals surface area contributed by atoms with Crippen LogP contribution in [0.4, 0.5) is 5.69 Å². The highest BCUT2D eigenvalue weighted by atomic mass is 79.9. The Morgan fingerprint density at radius 3 is 2.52 bits per heavy atom. The lowest BCUT2D eigenvalue weighted by Gasteiger charge is -2.16. The molecule has 0 fully saturated rings. The van der Waals surface area contributed by atoms with Gasteiger partial charge in [-0.05, 0) is 84.1 Å². The number of fused-ring (bicyclic) bond motifs is 1. The Hall–Kier alpha value is -2.21. The van der Waals surface area contributed by atoms with Gasteiger partial charge in [-0.3, -0.25) is 0 Å². The smallest absolute Gasteiger partial charge is 0.175 e. The van der Waals surface area contributed by atoms with Gasteiger partial charge in [0.25, 0.3) is 0 Å². The summed E-state index contributed by atoms with van der Waals surface area (Å²) >= 11 is 13.2. The van der Waals surface area contributed by atoms with E-state index in [4.69, 9.17) is 21.1 Å². The molecule has 0 bridgehead atoms. The number of benzene rings is 4. The van der Waals surface area contributed by atoms with Crippen LogP contribution in [0.1, 0.15) is 11.1 Å². The van der Waals surface area contributed by atoms with Crippen LogP contribution >= 0.6 is 43.5 Å². The van der Waals surface area contributed by atoms with Crippen LogP contribution in [0.3, 0.4) is 0 Å². The molecule has 0 unspecified atom stereocenters. The minimum absolute atomic E-state index is 0.450. The first kappa shape index (κ1) is 22.0. The Morgan fingerprint density at radius 2 is 1.71 bits per heavy atom. The molecule has 4 rings (SSSR count). The van der Waals surface area contributed by atoms with Gasteiger partial charge in [0.1, 0.15) is 6.61 Å². The second-order valence-electron chi connectivity index (χ2n) is 7.02. The minimum Gasteiger partial charge on any atom is -0.493 e. The van der Waals surface area contributed by atoms with Crippen LogP contribution in [0.25, 0.3) is 10.8 Å². The number of nitrogens with one attached hydrogen (secondary N) is 1. The van der Waals surface area contributed by atoms with Gasteiger partial charge in [0.2, 0.25) is 0 Å². The molecule has 0 spiro atoms. The van der Waals surface area contributed by atoms with Crippen molar-refractivity contribution >= 4 is 59.9 Å². The van der Waals surface area contributed by atoms with Gasteiger partial charge in [-0.1, -0.05) is 54.1 Å². The van der Waals surface area contributed by atoms with E-state index in [9.17, 15) is 0 Å². The molecule has 4 aromatic rings. The fraction of sp³-hybridized carbons (Fsp3) is 0.120. The van der Waals surface area contributed by atoms with Gasteiger partial charge in [0.15, 0.2) is 11.5 Å². The van der Waals surface area contributed by atoms with Crippen molar-refractivity contribution in [1.29, 1.82) is 0 Å². The molecule has 0 atom stereocenters. The van der Waals surface area contributed by atoms with Gasteiger partial charge >= 0.3 is 0 Å². The number of rotatable bonds is 7. The van der Waals surface area contributed by atoms with E-state index in [-0.39, 0.29) is 0 Å². The maximum Gasteiger partial charge on any atom is 0.175 e. The lowest BCUT2D eigenvalue weighted by atomic mass is 10.1. The van der Waals surface area contributed by atoms with Gasteiger partial charge in [0.05, 0.1) is 16.6 Å². The zero-order chi connectivity index (χ0) is 21.8. The third kappa shape index (κ3) is 5.17. The van der Waals surface area contributed by atoms with Crippen molar-refractivity contribution in [2.24, 2.45) is 0 Å². The van der Waals surface area contributed by atoms with E-state index in [0.717, 1.165) is 25.8 Å². The third-order valence-corrected chi connectivity index (χ3v) is 6.78. The summed E-state index contributed by atoms with van der Waals surface area (Å²) in [6.45, 7) is 1.07. The Morgan fingerprint density at radius 1 is 0.903 bits per heavy atom. The molecular weight excluding hydrogens is 542 g/mol. The Kier molecular flexibility index (Phi) is 7.06. The molecule has 0 aromatic heterocycles. The predicted octanol–water partition coefficient (Wildman–Crippen LogP) is 8.22. The molecule has 3 nitrogen and oxygen atoms in total. The normalized spacial score (nSPS) is 10.8. The van der Waals surface area contributed by atoms with E-state index in [0.29, 0.717) is 29.7 Å². The molecule has 31 heavy (non-hydrogen) atoms. The molecule has 0 radical (unpaired) electrons. The average Bonchev–Trinajstić information content (AvgIpc) is 2.78. The van der Waals surface area contributed by atoms with Crippen molar-refractivity contribution < 1.29 is 9.47 Å². The molecule has 6 heteroatoms. The zero-order valence-electron chi connectivity index (χ0n) is 16.8. The van der Waals surface area contributed by atoms with Gasteiger partial charge in [-0.15, -0.1) is 0 Å². The largest absolute Gasteiger partial charge is 0.493 e. The monoisotopic (exact) mass is 559 g/mol. The van der Waals surface area contributed by atoms with Crippen LogP contribution < -0.4 is 14.8 Å². The molecular formula is C25H20Br2ClNO2. The summed E-state index contributed by atoms with van der Waals surface area (Å²) in [5.74, 6) is 1.37. The molecule has 158 valence electrons. The number of ether oxygens (including phenoxy) is 2. The highest BCUT2D eigenvalue weighted by Crippen LogP contribution is 2.38. The van der Waals surface area contributed by atoms with Crippen molar-refractivity contribution in [3.8, 4) is 11.5 Å². The number of methoxy groups -OCH3 is 1. The van der Waals surface area contributed by atoms with Crippen molar-refractivity contribution in [3.05, 3.63) is 97.9 Å². The van der Waals surface area contributed by atoms with Crippen molar-refractivity contribution in [2.45, 2.75) is 13.2 Å². The summed E-state index contributed by atoms with van der Waals surface area (Å²) < 4.78 is 13.5. The lowest BCUT2D eigenvalue weighted by molar-refractivity contribution is 0.283. The standard InChI is InChI=1S/C25H20Br2ClNO2/c1-30-24-12-16(14-29-19-9-10-21(26)23(28)13-19)11-22(27)25(24)31-15-18-7-4-6-17-5-2-3-8-20(17)18/h2-13,29H,14-15H2,1H3. The van der Waals surface area contributed by atoms with Crippen LogP contribution in [0.5, 0.6) is 11.5 Å². The summed E-state index contributed by atoms with van der Waals surface area (Å²) in [6.07, 6.45) is 0. The highest BCUT2D eigenvalue weighted by Gasteiger charge is 2.13. The van der Waals surface area contributed by atoms with Crippen LogP contribution in [0, 0.1) is 0 Å². The van der Waals surface area contributed by atoms with Crippen LogP contribution in [0.15, 0.2) is 81.7 Å². The summed E-state index contributed by atoms with van der Waals surface area (Å²) in [4.78, 5) is 0. The zero-order valence-corrected chi connectivity index (χ0v) is 20.7. The van der Waals surface area contributed by atoms with Crippen LogP contribution in [-0.4, -0.2) is 7.11 Å². The summed E-state index contributed by atoms with van der Waals surface area (Å²) in [6, 6.07) is 24.4.